The summed E-state index contributed by atoms with van der Waals surface area (Å²) in [5, 5.41) is 0.862. The van der Waals surface area contributed by atoms with Gasteiger partial charge in [0, 0.05) is 4.90 Å². The van der Waals surface area contributed by atoms with Crippen LogP contribution in [0.2, 0.25) is 5.02 Å². The first-order valence-electron chi connectivity index (χ1n) is 3.46. The zero-order valence-corrected chi connectivity index (χ0v) is 8.51. The molecular formula is C9H11ClS. The summed E-state index contributed by atoms with van der Waals surface area (Å²) >= 11 is 7.67. The van der Waals surface area contributed by atoms with Crippen LogP contribution in [-0.2, 0) is 0 Å². The van der Waals surface area contributed by atoms with Gasteiger partial charge in [-0.2, -0.15) is 0 Å². The predicted molar refractivity (Wildman–Crippen MR) is 52.7 cm³/mol. The van der Waals surface area contributed by atoms with Crippen LogP contribution in [0.3, 0.4) is 0 Å². The van der Waals surface area contributed by atoms with Crippen molar-refractivity contribution in [3.05, 3.63) is 28.3 Å². The van der Waals surface area contributed by atoms with Crippen molar-refractivity contribution in [2.24, 2.45) is 0 Å². The number of hydrogen-bond donors (Lipinski definition) is 0. The fourth-order valence-electron chi connectivity index (χ4n) is 0.911. The average molecular weight is 187 g/mol. The van der Waals surface area contributed by atoms with E-state index in [0.29, 0.717) is 0 Å². The molecule has 0 aliphatic rings. The molecule has 0 fully saturated rings. The number of aryl methyl sites for hydroxylation is 2. The third kappa shape index (κ3) is 1.91. The fourth-order valence-corrected chi connectivity index (χ4v) is 1.91. The highest BCUT2D eigenvalue weighted by atomic mass is 35.5. The van der Waals surface area contributed by atoms with E-state index in [1.807, 2.05) is 12.3 Å². The van der Waals surface area contributed by atoms with Crippen LogP contribution in [-0.4, -0.2) is 6.26 Å². The average Bonchev–Trinajstić information content (AvgIpc) is 1.97. The lowest BCUT2D eigenvalue weighted by Crippen LogP contribution is -1.82. The minimum Gasteiger partial charge on any atom is -0.128 e. The van der Waals surface area contributed by atoms with Crippen LogP contribution >= 0.6 is 23.4 Å². The maximum Gasteiger partial charge on any atom is 0.0544 e. The Balaban J connectivity index is 3.21. The number of hydrogen-bond acceptors (Lipinski definition) is 1. The van der Waals surface area contributed by atoms with Gasteiger partial charge in [-0.25, -0.2) is 0 Å². The van der Waals surface area contributed by atoms with Crippen LogP contribution in [0.5, 0.6) is 0 Å². The number of rotatable bonds is 1. The van der Waals surface area contributed by atoms with E-state index < -0.39 is 0 Å². The number of benzene rings is 1. The Labute approximate surface area is 77.0 Å². The van der Waals surface area contributed by atoms with Crippen molar-refractivity contribution in [3.8, 4) is 0 Å². The largest absolute Gasteiger partial charge is 0.128 e. The van der Waals surface area contributed by atoms with Crippen LogP contribution in [0.25, 0.3) is 0 Å². The van der Waals surface area contributed by atoms with Crippen molar-refractivity contribution in [2.45, 2.75) is 18.7 Å². The third-order valence-corrected chi connectivity index (χ3v) is 2.97. The molecule has 0 aliphatic heterocycles. The molecule has 0 bridgehead atoms. The van der Waals surface area contributed by atoms with Crippen LogP contribution in [0, 0.1) is 13.8 Å². The summed E-state index contributed by atoms with van der Waals surface area (Å²) < 4.78 is 0. The Kier molecular flexibility index (Phi) is 2.85. The maximum absolute atomic E-state index is 5.98. The van der Waals surface area contributed by atoms with E-state index >= 15 is 0 Å². The lowest BCUT2D eigenvalue weighted by Gasteiger charge is -2.04. The predicted octanol–water partition coefficient (Wildman–Crippen LogP) is 3.68. The fraction of sp³-hybridized carbons (Fsp3) is 0.333. The van der Waals surface area contributed by atoms with E-state index in [1.165, 1.54) is 11.1 Å². The number of thioether (sulfide) groups is 1. The van der Waals surface area contributed by atoms with Crippen molar-refractivity contribution >= 4 is 23.4 Å². The summed E-state index contributed by atoms with van der Waals surface area (Å²) in [6.07, 6.45) is 2.04. The van der Waals surface area contributed by atoms with Gasteiger partial charge in [-0.1, -0.05) is 11.6 Å². The molecule has 1 aromatic carbocycles. The standard InChI is InChI=1S/C9H11ClS/c1-6-4-8(10)9(11-3)5-7(6)2/h4-5H,1-3H3. The SMILES string of the molecule is CSc1cc(C)c(C)cc1Cl. The van der Waals surface area contributed by atoms with Gasteiger partial charge in [0.05, 0.1) is 5.02 Å². The molecule has 0 heterocycles. The molecule has 0 unspecified atom stereocenters. The van der Waals surface area contributed by atoms with E-state index in [-0.39, 0.29) is 0 Å². The second-order valence-electron chi connectivity index (χ2n) is 2.57. The van der Waals surface area contributed by atoms with Gasteiger partial charge in [0.2, 0.25) is 0 Å². The topological polar surface area (TPSA) is 0 Å². The summed E-state index contributed by atoms with van der Waals surface area (Å²) in [5.41, 5.74) is 2.56. The molecule has 0 nitrogen and oxygen atoms in total. The van der Waals surface area contributed by atoms with Gasteiger partial charge in [0.25, 0.3) is 0 Å². The van der Waals surface area contributed by atoms with Crippen molar-refractivity contribution in [1.82, 2.24) is 0 Å². The lowest BCUT2D eigenvalue weighted by molar-refractivity contribution is 1.28. The van der Waals surface area contributed by atoms with Crippen LogP contribution < -0.4 is 0 Å². The van der Waals surface area contributed by atoms with Crippen molar-refractivity contribution in [1.29, 1.82) is 0 Å². The van der Waals surface area contributed by atoms with Crippen LogP contribution in [0.4, 0.5) is 0 Å². The van der Waals surface area contributed by atoms with Gasteiger partial charge < -0.3 is 0 Å². The normalized spacial score (nSPS) is 10.2. The molecule has 0 saturated heterocycles. The Morgan fingerprint density at radius 2 is 1.73 bits per heavy atom. The van der Waals surface area contributed by atoms with E-state index in [1.54, 1.807) is 11.8 Å². The Morgan fingerprint density at radius 1 is 1.18 bits per heavy atom. The molecule has 2 heteroatoms. The Hall–Kier alpha value is -0.140. The summed E-state index contributed by atoms with van der Waals surface area (Å²) in [6.45, 7) is 4.18. The first kappa shape index (κ1) is 8.95. The van der Waals surface area contributed by atoms with Gasteiger partial charge in [-0.15, -0.1) is 11.8 Å². The third-order valence-electron chi connectivity index (χ3n) is 1.77. The molecule has 0 aromatic heterocycles. The highest BCUT2D eigenvalue weighted by molar-refractivity contribution is 7.98. The van der Waals surface area contributed by atoms with Crippen molar-refractivity contribution < 1.29 is 0 Å². The van der Waals surface area contributed by atoms with Crippen molar-refractivity contribution in [3.63, 3.8) is 0 Å². The monoisotopic (exact) mass is 186 g/mol. The van der Waals surface area contributed by atoms with Crippen LogP contribution in [0.1, 0.15) is 11.1 Å². The smallest absolute Gasteiger partial charge is 0.0544 e. The molecule has 60 valence electrons. The minimum absolute atomic E-state index is 0.862. The van der Waals surface area contributed by atoms with Gasteiger partial charge in [-0.05, 0) is 43.4 Å². The zero-order valence-electron chi connectivity index (χ0n) is 6.94. The second-order valence-corrected chi connectivity index (χ2v) is 3.83. The summed E-state index contributed by atoms with van der Waals surface area (Å²) in [4.78, 5) is 1.16. The highest BCUT2D eigenvalue weighted by Crippen LogP contribution is 2.27. The summed E-state index contributed by atoms with van der Waals surface area (Å²) in [5.74, 6) is 0. The summed E-state index contributed by atoms with van der Waals surface area (Å²) in [6, 6.07) is 4.14. The second kappa shape index (κ2) is 3.51. The van der Waals surface area contributed by atoms with Crippen molar-refractivity contribution in [2.75, 3.05) is 6.26 Å². The first-order chi connectivity index (χ1) is 5.15. The number of halogens is 1. The van der Waals surface area contributed by atoms with Gasteiger partial charge in [0.1, 0.15) is 0 Å². The molecule has 0 N–H and O–H groups in total. The molecule has 0 radical (unpaired) electrons. The quantitative estimate of drug-likeness (QED) is 0.603. The van der Waals surface area contributed by atoms with Gasteiger partial charge >= 0.3 is 0 Å². The zero-order chi connectivity index (χ0) is 8.43. The first-order valence-corrected chi connectivity index (χ1v) is 5.06. The molecule has 1 aromatic rings. The molecule has 0 spiro atoms. The Morgan fingerprint density at radius 3 is 2.27 bits per heavy atom. The molecule has 0 atom stereocenters. The molecule has 0 aliphatic carbocycles. The maximum atomic E-state index is 5.98. The Bertz CT molecular complexity index is 269. The molecular weight excluding hydrogens is 176 g/mol. The molecule has 0 amide bonds. The van der Waals surface area contributed by atoms with E-state index in [2.05, 4.69) is 19.9 Å². The highest BCUT2D eigenvalue weighted by Gasteiger charge is 2.00. The molecule has 0 saturated carbocycles. The van der Waals surface area contributed by atoms with E-state index in [9.17, 15) is 0 Å². The van der Waals surface area contributed by atoms with E-state index in [4.69, 9.17) is 11.6 Å². The minimum atomic E-state index is 0.862. The van der Waals surface area contributed by atoms with Gasteiger partial charge in [0.15, 0.2) is 0 Å². The van der Waals surface area contributed by atoms with E-state index in [0.717, 1.165) is 9.92 Å². The lowest BCUT2D eigenvalue weighted by atomic mass is 10.1. The van der Waals surface area contributed by atoms with Crippen LogP contribution in [0.15, 0.2) is 17.0 Å². The summed E-state index contributed by atoms with van der Waals surface area (Å²) in [7, 11) is 0. The molecule has 1 rings (SSSR count). The molecule has 11 heavy (non-hydrogen) atoms. The van der Waals surface area contributed by atoms with Gasteiger partial charge in [-0.3, -0.25) is 0 Å².